The van der Waals surface area contributed by atoms with Crippen molar-refractivity contribution in [1.29, 1.82) is 0 Å². The molecular weight excluding hydrogens is 278 g/mol. The Bertz CT molecular complexity index is 495. The van der Waals surface area contributed by atoms with E-state index in [9.17, 15) is 14.4 Å². The molecule has 0 aromatic carbocycles. The van der Waals surface area contributed by atoms with Gasteiger partial charge in [0, 0.05) is 17.8 Å². The van der Waals surface area contributed by atoms with E-state index in [4.69, 9.17) is 4.74 Å². The van der Waals surface area contributed by atoms with Gasteiger partial charge in [-0.15, -0.1) is 11.3 Å². The summed E-state index contributed by atoms with van der Waals surface area (Å²) in [5, 5.41) is 2.56. The molecule has 0 aliphatic rings. The molecule has 0 aliphatic heterocycles. The number of ketones is 1. The zero-order valence-corrected chi connectivity index (χ0v) is 12.7. The molecule has 1 aromatic heterocycles. The molecule has 6 heteroatoms. The third-order valence-corrected chi connectivity index (χ3v) is 3.64. The predicted octanol–water partition coefficient (Wildman–Crippen LogP) is 2.09. The quantitative estimate of drug-likeness (QED) is 0.618. The lowest BCUT2D eigenvalue weighted by molar-refractivity contribution is -0.154. The second-order valence-corrected chi connectivity index (χ2v) is 5.65. The molecule has 0 radical (unpaired) electrons. The van der Waals surface area contributed by atoms with E-state index in [0.29, 0.717) is 11.4 Å². The molecule has 1 aromatic rings. The number of ether oxygens (including phenoxy) is 1. The first-order chi connectivity index (χ1) is 9.43. The number of Topliss-reactive ketones (excluding diaryl/α,β-unsaturated/α-hetero) is 1. The molecule has 1 amide bonds. The van der Waals surface area contributed by atoms with Crippen LogP contribution in [0.1, 0.15) is 41.2 Å². The van der Waals surface area contributed by atoms with Crippen LogP contribution < -0.4 is 5.32 Å². The number of nitrogens with one attached hydrogen (secondary N) is 1. The molecule has 0 saturated carbocycles. The Morgan fingerprint density at radius 3 is 2.55 bits per heavy atom. The van der Waals surface area contributed by atoms with Gasteiger partial charge in [-0.2, -0.15) is 0 Å². The lowest BCUT2D eigenvalue weighted by Gasteiger charge is -2.12. The van der Waals surface area contributed by atoms with Gasteiger partial charge in [-0.05, 0) is 32.9 Å². The van der Waals surface area contributed by atoms with Crippen LogP contribution in [0.2, 0.25) is 0 Å². The average molecular weight is 297 g/mol. The van der Waals surface area contributed by atoms with Crippen LogP contribution in [0.15, 0.2) is 12.1 Å². The molecule has 0 unspecified atom stereocenters. The number of likely N-dealkylation sites (N-methyl/N-ethyl adjacent to an activating group) is 1. The van der Waals surface area contributed by atoms with Gasteiger partial charge in [0.05, 0.1) is 11.3 Å². The average Bonchev–Trinajstić information content (AvgIpc) is 2.83. The van der Waals surface area contributed by atoms with Gasteiger partial charge in [-0.3, -0.25) is 14.4 Å². The zero-order valence-electron chi connectivity index (χ0n) is 11.9. The standard InChI is InChI=1S/C14H19NO4S/c1-4-15-14(18)10(3)19-13(17)8-6-11(16)12-7-5-9(2)20-12/h5,7,10H,4,6,8H2,1-3H3,(H,15,18)/t10-/m0/s1. The number of hydrogen-bond acceptors (Lipinski definition) is 5. The van der Waals surface area contributed by atoms with Crippen LogP contribution in [0.3, 0.4) is 0 Å². The topological polar surface area (TPSA) is 72.5 Å². The Kier molecular flexibility index (Phi) is 6.38. The second kappa shape index (κ2) is 7.79. The molecule has 20 heavy (non-hydrogen) atoms. The maximum atomic E-state index is 11.8. The van der Waals surface area contributed by atoms with Crippen LogP contribution >= 0.6 is 11.3 Å². The van der Waals surface area contributed by atoms with Gasteiger partial charge >= 0.3 is 5.97 Å². The van der Waals surface area contributed by atoms with Gasteiger partial charge in [-0.25, -0.2) is 0 Å². The lowest BCUT2D eigenvalue weighted by Crippen LogP contribution is -2.35. The second-order valence-electron chi connectivity index (χ2n) is 4.36. The molecule has 0 saturated heterocycles. The number of amides is 1. The van der Waals surface area contributed by atoms with Crippen molar-refractivity contribution in [3.8, 4) is 0 Å². The fourth-order valence-corrected chi connectivity index (χ4v) is 2.39. The normalized spacial score (nSPS) is 11.8. The third kappa shape index (κ3) is 5.13. The molecule has 0 bridgehead atoms. The predicted molar refractivity (Wildman–Crippen MR) is 76.9 cm³/mol. The monoisotopic (exact) mass is 297 g/mol. The van der Waals surface area contributed by atoms with Crippen LogP contribution in [-0.4, -0.2) is 30.3 Å². The first kappa shape index (κ1) is 16.4. The van der Waals surface area contributed by atoms with Crippen molar-refractivity contribution < 1.29 is 19.1 Å². The number of aryl methyl sites for hydroxylation is 1. The highest BCUT2D eigenvalue weighted by Crippen LogP contribution is 2.17. The third-order valence-electron chi connectivity index (χ3n) is 2.60. The largest absolute Gasteiger partial charge is 0.453 e. The molecule has 1 N–H and O–H groups in total. The summed E-state index contributed by atoms with van der Waals surface area (Å²) in [6.07, 6.45) is -0.748. The minimum absolute atomic E-state index is 0.0144. The van der Waals surface area contributed by atoms with Crippen molar-refractivity contribution >= 4 is 29.0 Å². The smallest absolute Gasteiger partial charge is 0.307 e. The molecule has 5 nitrogen and oxygen atoms in total. The van der Waals surface area contributed by atoms with Crippen LogP contribution in [0, 0.1) is 6.92 Å². The fourth-order valence-electron chi connectivity index (χ4n) is 1.55. The van der Waals surface area contributed by atoms with Crippen molar-refractivity contribution in [2.45, 2.75) is 39.7 Å². The molecule has 0 aliphatic carbocycles. The Labute approximate surface area is 122 Å². The van der Waals surface area contributed by atoms with Crippen LogP contribution in [0.5, 0.6) is 0 Å². The van der Waals surface area contributed by atoms with Gasteiger partial charge in [0.25, 0.3) is 5.91 Å². The van der Waals surface area contributed by atoms with E-state index in [1.54, 1.807) is 13.0 Å². The Morgan fingerprint density at radius 1 is 1.30 bits per heavy atom. The minimum atomic E-state index is -0.832. The van der Waals surface area contributed by atoms with Crippen LogP contribution in [0.25, 0.3) is 0 Å². The zero-order chi connectivity index (χ0) is 15.1. The van der Waals surface area contributed by atoms with Crippen molar-refractivity contribution in [1.82, 2.24) is 5.32 Å². The molecular formula is C14H19NO4S. The van der Waals surface area contributed by atoms with Gasteiger partial charge in [0.1, 0.15) is 0 Å². The highest BCUT2D eigenvalue weighted by atomic mass is 32.1. The Hall–Kier alpha value is -1.69. The number of carbonyl (C=O) groups excluding carboxylic acids is 3. The van der Waals surface area contributed by atoms with Gasteiger partial charge in [0.2, 0.25) is 0 Å². The highest BCUT2D eigenvalue weighted by molar-refractivity contribution is 7.14. The van der Waals surface area contributed by atoms with Crippen molar-refractivity contribution in [3.05, 3.63) is 21.9 Å². The minimum Gasteiger partial charge on any atom is -0.453 e. The van der Waals surface area contributed by atoms with Gasteiger partial charge in [-0.1, -0.05) is 0 Å². The van der Waals surface area contributed by atoms with E-state index in [-0.39, 0.29) is 24.5 Å². The number of carbonyl (C=O) groups is 3. The molecule has 0 spiro atoms. The number of thiophene rings is 1. The van der Waals surface area contributed by atoms with Crippen LogP contribution in [0.4, 0.5) is 0 Å². The van der Waals surface area contributed by atoms with E-state index in [1.165, 1.54) is 18.3 Å². The molecule has 1 rings (SSSR count). The summed E-state index contributed by atoms with van der Waals surface area (Å²) in [6.45, 7) is 5.70. The highest BCUT2D eigenvalue weighted by Gasteiger charge is 2.18. The summed E-state index contributed by atoms with van der Waals surface area (Å²) in [7, 11) is 0. The van der Waals surface area contributed by atoms with E-state index >= 15 is 0 Å². The number of esters is 1. The first-order valence-corrected chi connectivity index (χ1v) is 7.32. The maximum Gasteiger partial charge on any atom is 0.307 e. The SMILES string of the molecule is CCNC(=O)[C@H](C)OC(=O)CCC(=O)c1ccc(C)s1. The number of rotatable bonds is 7. The fraction of sp³-hybridized carbons (Fsp3) is 0.500. The first-order valence-electron chi connectivity index (χ1n) is 6.50. The molecule has 110 valence electrons. The molecule has 1 heterocycles. The lowest BCUT2D eigenvalue weighted by atomic mass is 10.2. The van der Waals surface area contributed by atoms with Crippen LogP contribution in [-0.2, 0) is 14.3 Å². The van der Waals surface area contributed by atoms with E-state index in [1.807, 2.05) is 13.0 Å². The summed E-state index contributed by atoms with van der Waals surface area (Å²) < 4.78 is 4.96. The van der Waals surface area contributed by atoms with Crippen molar-refractivity contribution in [2.75, 3.05) is 6.54 Å². The summed E-state index contributed by atoms with van der Waals surface area (Å²) in [4.78, 5) is 36.4. The number of hydrogen-bond donors (Lipinski definition) is 1. The van der Waals surface area contributed by atoms with Gasteiger partial charge < -0.3 is 10.1 Å². The van der Waals surface area contributed by atoms with Gasteiger partial charge in [0.15, 0.2) is 11.9 Å². The van der Waals surface area contributed by atoms with Crippen molar-refractivity contribution in [3.63, 3.8) is 0 Å². The summed E-state index contributed by atoms with van der Waals surface area (Å²) in [5.41, 5.74) is 0. The van der Waals surface area contributed by atoms with E-state index < -0.39 is 12.1 Å². The Balaban J connectivity index is 2.36. The Morgan fingerprint density at radius 2 is 2.00 bits per heavy atom. The maximum absolute atomic E-state index is 11.8. The molecule has 1 atom stereocenters. The molecule has 0 fully saturated rings. The summed E-state index contributed by atoms with van der Waals surface area (Å²) >= 11 is 1.41. The van der Waals surface area contributed by atoms with Crippen molar-refractivity contribution in [2.24, 2.45) is 0 Å². The summed E-state index contributed by atoms with van der Waals surface area (Å²) in [6, 6.07) is 3.62. The summed E-state index contributed by atoms with van der Waals surface area (Å²) in [5.74, 6) is -0.947. The van der Waals surface area contributed by atoms with E-state index in [0.717, 1.165) is 4.88 Å². The van der Waals surface area contributed by atoms with E-state index in [2.05, 4.69) is 5.32 Å².